The molecule has 2 rings (SSSR count). The van der Waals surface area contributed by atoms with Crippen LogP contribution in [0.4, 0.5) is 5.95 Å². The van der Waals surface area contributed by atoms with Crippen molar-refractivity contribution in [3.63, 3.8) is 0 Å². The summed E-state index contributed by atoms with van der Waals surface area (Å²) in [6.45, 7) is 0. The monoisotopic (exact) mass is 166 g/mol. The third-order valence-corrected chi connectivity index (χ3v) is 1.59. The zero-order chi connectivity index (χ0) is 8.72. The van der Waals surface area contributed by atoms with E-state index in [9.17, 15) is 4.79 Å². The number of fused-ring (bicyclic) bond motifs is 1. The number of hydrogen-bond donors (Lipinski definition) is 3. The van der Waals surface area contributed by atoms with Crippen LogP contribution in [0.2, 0.25) is 0 Å². The molecule has 0 aromatic carbocycles. The van der Waals surface area contributed by atoms with Crippen LogP contribution in [0.1, 0.15) is 0 Å². The lowest BCUT2D eigenvalue weighted by Gasteiger charge is -1.98. The number of H-pyrrole nitrogens is 1. The molecule has 0 amide bonds. The fourth-order valence-corrected chi connectivity index (χ4v) is 1.01. The first-order valence-corrected chi connectivity index (χ1v) is 3.25. The molecule has 0 unspecified atom stereocenters. The highest BCUT2D eigenvalue weighted by molar-refractivity contribution is 5.74. The first-order valence-electron chi connectivity index (χ1n) is 3.25. The van der Waals surface area contributed by atoms with Crippen LogP contribution >= 0.6 is 0 Å². The molecule has 0 aliphatic rings. The molecule has 4 N–H and O–H groups in total. The van der Waals surface area contributed by atoms with Crippen LogP contribution in [0, 0.1) is 0 Å². The van der Waals surface area contributed by atoms with Crippen molar-refractivity contribution < 1.29 is 5.21 Å². The zero-order valence-electron chi connectivity index (χ0n) is 5.98. The average Bonchev–Trinajstić information content (AvgIpc) is 2.48. The van der Waals surface area contributed by atoms with Crippen LogP contribution in [-0.2, 0) is 0 Å². The topological polar surface area (TPSA) is 96.9 Å². The van der Waals surface area contributed by atoms with E-state index in [2.05, 4.69) is 9.97 Å². The molecule has 0 fully saturated rings. The van der Waals surface area contributed by atoms with Crippen molar-refractivity contribution >= 4 is 17.0 Å². The van der Waals surface area contributed by atoms with Gasteiger partial charge in [0, 0.05) is 6.20 Å². The quantitative estimate of drug-likeness (QED) is 0.461. The van der Waals surface area contributed by atoms with Crippen LogP contribution < -0.4 is 11.3 Å². The maximum absolute atomic E-state index is 11.2. The third kappa shape index (κ3) is 0.685. The molecule has 0 saturated heterocycles. The molecule has 62 valence electrons. The van der Waals surface area contributed by atoms with Gasteiger partial charge in [0.25, 0.3) is 5.56 Å². The molecule has 0 aliphatic carbocycles. The Kier molecular flexibility index (Phi) is 1.12. The van der Waals surface area contributed by atoms with Crippen LogP contribution in [0.15, 0.2) is 17.1 Å². The van der Waals surface area contributed by atoms with E-state index in [1.54, 1.807) is 6.20 Å². The molecule has 6 heteroatoms. The zero-order valence-corrected chi connectivity index (χ0v) is 5.98. The van der Waals surface area contributed by atoms with Gasteiger partial charge in [0.15, 0.2) is 0 Å². The Balaban J connectivity index is 3.05. The number of rotatable bonds is 0. The Labute approximate surface area is 66.2 Å². The van der Waals surface area contributed by atoms with Gasteiger partial charge in [-0.15, -0.1) is 4.73 Å². The fourth-order valence-electron chi connectivity index (χ4n) is 1.01. The molecule has 2 aromatic heterocycles. The van der Waals surface area contributed by atoms with Crippen molar-refractivity contribution in [3.05, 3.63) is 22.6 Å². The molecular weight excluding hydrogens is 160 g/mol. The number of aromatic amines is 1. The second-order valence-corrected chi connectivity index (χ2v) is 2.33. The minimum atomic E-state index is -0.571. The van der Waals surface area contributed by atoms with Crippen LogP contribution in [0.5, 0.6) is 0 Å². The largest absolute Gasteiger partial charge is 0.422 e. The lowest BCUT2D eigenvalue weighted by atomic mass is 10.4. The highest BCUT2D eigenvalue weighted by Crippen LogP contribution is 2.04. The third-order valence-electron chi connectivity index (χ3n) is 1.59. The Morgan fingerprint density at radius 1 is 1.67 bits per heavy atom. The van der Waals surface area contributed by atoms with Crippen molar-refractivity contribution in [3.8, 4) is 0 Å². The minimum absolute atomic E-state index is 0.227. The highest BCUT2D eigenvalue weighted by atomic mass is 16.5. The van der Waals surface area contributed by atoms with E-state index in [4.69, 9.17) is 10.9 Å². The van der Waals surface area contributed by atoms with Crippen LogP contribution in [-0.4, -0.2) is 19.9 Å². The number of hydrogen-bond acceptors (Lipinski definition) is 4. The summed E-state index contributed by atoms with van der Waals surface area (Å²) in [5.74, 6) is -0.227. The van der Waals surface area contributed by atoms with Crippen molar-refractivity contribution in [2.24, 2.45) is 0 Å². The van der Waals surface area contributed by atoms with Gasteiger partial charge in [0.05, 0.1) is 5.39 Å². The number of nitrogens with two attached hydrogens (primary N) is 1. The fraction of sp³-hybridized carbons (Fsp3) is 0. The van der Waals surface area contributed by atoms with Crippen LogP contribution in [0.3, 0.4) is 0 Å². The maximum atomic E-state index is 11.2. The first-order chi connectivity index (χ1) is 5.70. The molecule has 0 atom stereocenters. The van der Waals surface area contributed by atoms with Crippen molar-refractivity contribution in [1.29, 1.82) is 0 Å². The molecule has 2 heterocycles. The second kappa shape index (κ2) is 2.00. The summed E-state index contributed by atoms with van der Waals surface area (Å²) in [7, 11) is 0. The first kappa shape index (κ1) is 6.71. The van der Waals surface area contributed by atoms with E-state index in [-0.39, 0.29) is 5.95 Å². The summed E-state index contributed by atoms with van der Waals surface area (Å²) in [6, 6.07) is 1.52. The smallest absolute Gasteiger partial charge is 0.297 e. The summed E-state index contributed by atoms with van der Waals surface area (Å²) in [6.07, 6.45) is 1.55. The van der Waals surface area contributed by atoms with Gasteiger partial charge in [-0.2, -0.15) is 4.98 Å². The number of nitrogens with zero attached hydrogens (tertiary/aromatic N) is 2. The van der Waals surface area contributed by atoms with Gasteiger partial charge >= 0.3 is 0 Å². The van der Waals surface area contributed by atoms with E-state index in [0.717, 1.165) is 0 Å². The predicted molar refractivity (Wildman–Crippen MR) is 42.0 cm³/mol. The standard InChI is InChI=1S/C6H6N4O2/c7-6-9-4-3(1-2-8-4)5(11)10(6)12/h1-2,8,12H,(H2,7,9). The molecule has 12 heavy (non-hydrogen) atoms. The number of anilines is 1. The Hall–Kier alpha value is -1.98. The van der Waals surface area contributed by atoms with E-state index in [1.165, 1.54) is 6.07 Å². The summed E-state index contributed by atoms with van der Waals surface area (Å²) in [4.78, 5) is 17.6. The van der Waals surface area contributed by atoms with E-state index in [0.29, 0.717) is 15.8 Å². The number of nitrogens with one attached hydrogen (secondary N) is 1. The summed E-state index contributed by atoms with van der Waals surface area (Å²) < 4.78 is 0.316. The number of nitrogen functional groups attached to an aromatic ring is 1. The molecule has 2 aromatic rings. The molecule has 0 bridgehead atoms. The van der Waals surface area contributed by atoms with Gasteiger partial charge < -0.3 is 15.9 Å². The predicted octanol–water partition coefficient (Wildman–Crippen LogP) is -0.456. The lowest BCUT2D eigenvalue weighted by molar-refractivity contribution is 0.180. The number of aromatic nitrogens is 3. The summed E-state index contributed by atoms with van der Waals surface area (Å²) in [5.41, 5.74) is 5.03. The van der Waals surface area contributed by atoms with Gasteiger partial charge in [-0.05, 0) is 6.07 Å². The normalized spacial score (nSPS) is 10.7. The maximum Gasteiger partial charge on any atom is 0.297 e. The van der Waals surface area contributed by atoms with E-state index in [1.807, 2.05) is 0 Å². The van der Waals surface area contributed by atoms with Gasteiger partial charge in [0.2, 0.25) is 5.95 Å². The molecule has 0 radical (unpaired) electrons. The Morgan fingerprint density at radius 3 is 3.17 bits per heavy atom. The van der Waals surface area contributed by atoms with Crippen molar-refractivity contribution in [1.82, 2.24) is 14.7 Å². The molecule has 0 saturated carbocycles. The van der Waals surface area contributed by atoms with Crippen molar-refractivity contribution in [2.45, 2.75) is 0 Å². The Morgan fingerprint density at radius 2 is 2.42 bits per heavy atom. The van der Waals surface area contributed by atoms with Crippen LogP contribution in [0.25, 0.3) is 11.0 Å². The van der Waals surface area contributed by atoms with E-state index < -0.39 is 5.56 Å². The molecule has 6 nitrogen and oxygen atoms in total. The summed E-state index contributed by atoms with van der Waals surface area (Å²) in [5, 5.41) is 9.34. The van der Waals surface area contributed by atoms with Gasteiger partial charge in [-0.25, -0.2) is 0 Å². The SMILES string of the molecule is Nc1nc2[nH]ccc2c(=O)n1O. The average molecular weight is 166 g/mol. The molecule has 0 spiro atoms. The van der Waals surface area contributed by atoms with Crippen molar-refractivity contribution in [2.75, 3.05) is 5.73 Å². The minimum Gasteiger partial charge on any atom is -0.422 e. The molecular formula is C6H6N4O2. The van der Waals surface area contributed by atoms with Gasteiger partial charge in [-0.3, -0.25) is 4.79 Å². The van der Waals surface area contributed by atoms with Gasteiger partial charge in [-0.1, -0.05) is 0 Å². The highest BCUT2D eigenvalue weighted by Gasteiger charge is 2.06. The Bertz CT molecular complexity index is 484. The second-order valence-electron chi connectivity index (χ2n) is 2.33. The lowest BCUT2D eigenvalue weighted by Crippen LogP contribution is -2.21. The van der Waals surface area contributed by atoms with E-state index >= 15 is 0 Å². The van der Waals surface area contributed by atoms with Gasteiger partial charge in [0.1, 0.15) is 5.65 Å². The summed E-state index contributed by atoms with van der Waals surface area (Å²) >= 11 is 0. The molecule has 0 aliphatic heterocycles.